The predicted octanol–water partition coefficient (Wildman–Crippen LogP) is 2.04. The number of hydrogen-bond donors (Lipinski definition) is 0. The Labute approximate surface area is 119 Å². The first-order valence-corrected chi connectivity index (χ1v) is 6.60. The summed E-state index contributed by atoms with van der Waals surface area (Å²) >= 11 is 0. The van der Waals surface area contributed by atoms with Crippen LogP contribution in [0.3, 0.4) is 0 Å². The van der Waals surface area contributed by atoms with Crippen molar-refractivity contribution in [3.8, 4) is 0 Å². The molecule has 5 heteroatoms. The summed E-state index contributed by atoms with van der Waals surface area (Å²) in [5.41, 5.74) is 1.36. The number of carbonyl (C=O) groups excluding carboxylic acids is 1. The molecule has 1 aromatic rings. The van der Waals surface area contributed by atoms with Crippen LogP contribution in [0.15, 0.2) is 24.3 Å². The Hall–Kier alpha value is -1.43. The van der Waals surface area contributed by atoms with E-state index in [0.717, 1.165) is 12.0 Å². The van der Waals surface area contributed by atoms with Gasteiger partial charge in [-0.15, -0.1) is 0 Å². The summed E-state index contributed by atoms with van der Waals surface area (Å²) in [5.74, 6) is -0.347. The van der Waals surface area contributed by atoms with Crippen molar-refractivity contribution < 1.29 is 23.7 Å². The normalized spacial score (nSPS) is 10.5. The van der Waals surface area contributed by atoms with E-state index in [4.69, 9.17) is 18.9 Å². The van der Waals surface area contributed by atoms with Crippen molar-refractivity contribution in [2.45, 2.75) is 13.0 Å². The van der Waals surface area contributed by atoms with E-state index in [1.165, 1.54) is 7.11 Å². The molecule has 0 saturated heterocycles. The second-order valence-electron chi connectivity index (χ2n) is 4.16. The summed E-state index contributed by atoms with van der Waals surface area (Å²) in [6.45, 7) is 2.75. The maximum absolute atomic E-state index is 11.6. The molecule has 0 unspecified atom stereocenters. The van der Waals surface area contributed by atoms with Crippen LogP contribution in [0.25, 0.3) is 0 Å². The van der Waals surface area contributed by atoms with Crippen molar-refractivity contribution in [2.75, 3.05) is 40.6 Å². The molecule has 20 heavy (non-hydrogen) atoms. The van der Waals surface area contributed by atoms with Crippen LogP contribution in [0.1, 0.15) is 22.3 Å². The van der Waals surface area contributed by atoms with Crippen LogP contribution in [0.4, 0.5) is 0 Å². The molecular weight excluding hydrogens is 260 g/mol. The van der Waals surface area contributed by atoms with E-state index in [2.05, 4.69) is 0 Å². The van der Waals surface area contributed by atoms with Crippen molar-refractivity contribution in [3.63, 3.8) is 0 Å². The third-order valence-electron chi connectivity index (χ3n) is 2.69. The summed E-state index contributed by atoms with van der Waals surface area (Å²) in [4.78, 5) is 11.6. The van der Waals surface area contributed by atoms with Crippen LogP contribution in [-0.2, 0) is 25.6 Å². The number of ether oxygens (including phenoxy) is 4. The van der Waals surface area contributed by atoms with Crippen LogP contribution in [0.5, 0.6) is 0 Å². The molecule has 0 heterocycles. The number of carbonyl (C=O) groups is 1. The number of rotatable bonds is 10. The second-order valence-corrected chi connectivity index (χ2v) is 4.16. The molecule has 112 valence electrons. The highest BCUT2D eigenvalue weighted by molar-refractivity contribution is 5.90. The van der Waals surface area contributed by atoms with E-state index >= 15 is 0 Å². The number of hydrogen-bond acceptors (Lipinski definition) is 5. The Morgan fingerprint density at radius 3 is 2.50 bits per heavy atom. The number of benzene rings is 1. The second kappa shape index (κ2) is 10.4. The van der Waals surface area contributed by atoms with Gasteiger partial charge < -0.3 is 18.9 Å². The molecule has 0 fully saturated rings. The van der Waals surface area contributed by atoms with Gasteiger partial charge in [-0.2, -0.15) is 0 Å². The van der Waals surface area contributed by atoms with Crippen LogP contribution < -0.4 is 0 Å². The van der Waals surface area contributed by atoms with Crippen molar-refractivity contribution >= 4 is 5.97 Å². The van der Waals surface area contributed by atoms with Gasteiger partial charge in [0.2, 0.25) is 0 Å². The Balaban J connectivity index is 2.23. The largest absolute Gasteiger partial charge is 0.465 e. The standard InChI is InChI=1S/C15H22O5/c1-17-8-5-9-19-10-11-20-12-13-6-3-4-7-14(13)15(16)18-2/h3-4,6-7H,5,8-12H2,1-2H3. The van der Waals surface area contributed by atoms with Gasteiger partial charge in [0.1, 0.15) is 0 Å². The topological polar surface area (TPSA) is 54.0 Å². The van der Waals surface area contributed by atoms with Crippen molar-refractivity contribution in [3.05, 3.63) is 35.4 Å². The van der Waals surface area contributed by atoms with Gasteiger partial charge in [-0.3, -0.25) is 0 Å². The molecule has 0 aliphatic carbocycles. The highest BCUT2D eigenvalue weighted by Crippen LogP contribution is 2.11. The van der Waals surface area contributed by atoms with Crippen molar-refractivity contribution in [2.24, 2.45) is 0 Å². The number of methoxy groups -OCH3 is 2. The summed E-state index contributed by atoms with van der Waals surface area (Å²) < 4.78 is 20.5. The lowest BCUT2D eigenvalue weighted by Crippen LogP contribution is -2.09. The van der Waals surface area contributed by atoms with Crippen LogP contribution >= 0.6 is 0 Å². The maximum Gasteiger partial charge on any atom is 0.338 e. The molecule has 0 saturated carbocycles. The van der Waals surface area contributed by atoms with E-state index in [1.54, 1.807) is 19.2 Å². The van der Waals surface area contributed by atoms with Gasteiger partial charge in [0.25, 0.3) is 0 Å². The molecule has 0 atom stereocenters. The molecule has 0 N–H and O–H groups in total. The first kappa shape index (κ1) is 16.6. The molecule has 0 spiro atoms. The van der Waals surface area contributed by atoms with Crippen LogP contribution in [-0.4, -0.2) is 46.6 Å². The zero-order valence-corrected chi connectivity index (χ0v) is 12.1. The first-order valence-electron chi connectivity index (χ1n) is 6.60. The third kappa shape index (κ3) is 6.14. The molecular formula is C15H22O5. The van der Waals surface area contributed by atoms with Gasteiger partial charge in [0.15, 0.2) is 0 Å². The highest BCUT2D eigenvalue weighted by atomic mass is 16.5. The number of esters is 1. The zero-order chi connectivity index (χ0) is 14.6. The molecule has 0 amide bonds. The third-order valence-corrected chi connectivity index (χ3v) is 2.69. The van der Waals surface area contributed by atoms with Crippen LogP contribution in [0, 0.1) is 0 Å². The Bertz CT molecular complexity index is 392. The Morgan fingerprint density at radius 2 is 1.75 bits per heavy atom. The van der Waals surface area contributed by atoms with E-state index in [0.29, 0.717) is 38.6 Å². The fourth-order valence-electron chi connectivity index (χ4n) is 1.66. The van der Waals surface area contributed by atoms with Gasteiger partial charge in [-0.05, 0) is 18.1 Å². The maximum atomic E-state index is 11.6. The van der Waals surface area contributed by atoms with Gasteiger partial charge >= 0.3 is 5.97 Å². The minimum atomic E-state index is -0.347. The molecule has 0 aliphatic heterocycles. The van der Waals surface area contributed by atoms with Gasteiger partial charge in [-0.1, -0.05) is 18.2 Å². The molecule has 0 radical (unpaired) electrons. The highest BCUT2D eigenvalue weighted by Gasteiger charge is 2.10. The average Bonchev–Trinajstić information content (AvgIpc) is 2.49. The summed E-state index contributed by atoms with van der Waals surface area (Å²) in [6, 6.07) is 7.25. The van der Waals surface area contributed by atoms with E-state index in [9.17, 15) is 4.79 Å². The quantitative estimate of drug-likeness (QED) is 0.485. The summed E-state index contributed by atoms with van der Waals surface area (Å²) in [6.07, 6.45) is 0.877. The SMILES string of the molecule is COCCCOCCOCc1ccccc1C(=O)OC. The molecule has 0 aliphatic rings. The van der Waals surface area contributed by atoms with E-state index in [-0.39, 0.29) is 5.97 Å². The Morgan fingerprint density at radius 1 is 1.00 bits per heavy atom. The average molecular weight is 282 g/mol. The molecule has 0 bridgehead atoms. The van der Waals surface area contributed by atoms with E-state index < -0.39 is 0 Å². The fourth-order valence-corrected chi connectivity index (χ4v) is 1.66. The molecule has 5 nitrogen and oxygen atoms in total. The lowest BCUT2D eigenvalue weighted by atomic mass is 10.1. The lowest BCUT2D eigenvalue weighted by molar-refractivity contribution is 0.0330. The molecule has 1 aromatic carbocycles. The summed E-state index contributed by atoms with van der Waals surface area (Å²) in [5, 5.41) is 0. The minimum absolute atomic E-state index is 0.347. The van der Waals surface area contributed by atoms with Gasteiger partial charge in [0.05, 0.1) is 32.5 Å². The molecule has 1 rings (SSSR count). The monoisotopic (exact) mass is 282 g/mol. The van der Waals surface area contributed by atoms with Crippen molar-refractivity contribution in [1.29, 1.82) is 0 Å². The molecule has 0 aromatic heterocycles. The zero-order valence-electron chi connectivity index (χ0n) is 12.1. The van der Waals surface area contributed by atoms with Crippen molar-refractivity contribution in [1.82, 2.24) is 0 Å². The van der Waals surface area contributed by atoms with E-state index in [1.807, 2.05) is 12.1 Å². The Kier molecular flexibility index (Phi) is 8.62. The predicted molar refractivity (Wildman–Crippen MR) is 74.7 cm³/mol. The van der Waals surface area contributed by atoms with Gasteiger partial charge in [0, 0.05) is 20.3 Å². The summed E-state index contributed by atoms with van der Waals surface area (Å²) in [7, 11) is 3.04. The fraction of sp³-hybridized carbons (Fsp3) is 0.533. The minimum Gasteiger partial charge on any atom is -0.465 e. The van der Waals surface area contributed by atoms with Gasteiger partial charge in [-0.25, -0.2) is 4.79 Å². The van der Waals surface area contributed by atoms with Crippen LogP contribution in [0.2, 0.25) is 0 Å². The smallest absolute Gasteiger partial charge is 0.338 e. The first-order chi connectivity index (χ1) is 9.79. The lowest BCUT2D eigenvalue weighted by Gasteiger charge is -2.09.